The molecular formula is C38H87N3O6. The molecule has 290 valence electrons. The minimum Gasteiger partial charge on any atom is -0.349 e. The third-order valence-corrected chi connectivity index (χ3v) is 5.74. The first kappa shape index (κ1) is 53.4. The van der Waals surface area contributed by atoms with Gasteiger partial charge in [-0.1, -0.05) is 34.1 Å². The van der Waals surface area contributed by atoms with Gasteiger partial charge in [-0.2, -0.15) is 5.06 Å². The van der Waals surface area contributed by atoms with Crippen molar-refractivity contribution in [2.24, 2.45) is 0 Å². The molecule has 0 bridgehead atoms. The average Bonchev–Trinajstić information content (AvgIpc) is 2.82. The van der Waals surface area contributed by atoms with E-state index in [-0.39, 0.29) is 28.9 Å². The van der Waals surface area contributed by atoms with Crippen LogP contribution in [0.15, 0.2) is 0 Å². The van der Waals surface area contributed by atoms with E-state index < -0.39 is 11.6 Å². The average molecular weight is 682 g/mol. The van der Waals surface area contributed by atoms with E-state index in [0.29, 0.717) is 26.2 Å². The van der Waals surface area contributed by atoms with Gasteiger partial charge in [0.05, 0.1) is 24.4 Å². The minimum atomic E-state index is -0.521. The van der Waals surface area contributed by atoms with Crippen LogP contribution in [0.1, 0.15) is 166 Å². The molecule has 0 aliphatic heterocycles. The molecular weight excluding hydrogens is 594 g/mol. The molecule has 0 amide bonds. The fourth-order valence-electron chi connectivity index (χ4n) is 3.80. The molecule has 0 aromatic rings. The van der Waals surface area contributed by atoms with Gasteiger partial charge in [-0.05, 0) is 138 Å². The van der Waals surface area contributed by atoms with Crippen molar-refractivity contribution in [1.82, 2.24) is 15.3 Å². The summed E-state index contributed by atoms with van der Waals surface area (Å²) in [5.74, 6) is -1.01. The van der Waals surface area contributed by atoms with Crippen LogP contribution in [0.3, 0.4) is 0 Å². The molecule has 0 aromatic heterocycles. The summed E-state index contributed by atoms with van der Waals surface area (Å²) in [6, 6.07) is 0.397. The number of hydrogen-bond donors (Lipinski definition) is 1. The Bertz CT molecular complexity index is 693. The summed E-state index contributed by atoms with van der Waals surface area (Å²) in [5.41, 5.74) is 0.144. The van der Waals surface area contributed by atoms with Crippen LogP contribution in [0.5, 0.6) is 0 Å². The van der Waals surface area contributed by atoms with Crippen molar-refractivity contribution in [3.8, 4) is 0 Å². The molecule has 0 aliphatic carbocycles. The van der Waals surface area contributed by atoms with Crippen molar-refractivity contribution in [1.29, 1.82) is 0 Å². The molecule has 0 aliphatic rings. The van der Waals surface area contributed by atoms with Crippen LogP contribution in [-0.2, 0) is 28.5 Å². The predicted octanol–water partition coefficient (Wildman–Crippen LogP) is 9.63. The molecule has 0 unspecified atom stereocenters. The second-order valence-corrected chi connectivity index (χ2v) is 16.5. The first-order valence-electron chi connectivity index (χ1n) is 18.2. The van der Waals surface area contributed by atoms with Gasteiger partial charge in [-0.25, -0.2) is 0 Å². The summed E-state index contributed by atoms with van der Waals surface area (Å²) in [6.45, 7) is 51.9. The lowest BCUT2D eigenvalue weighted by Gasteiger charge is -2.37. The van der Waals surface area contributed by atoms with E-state index in [4.69, 9.17) is 28.5 Å². The number of hydrogen-bond acceptors (Lipinski definition) is 9. The molecule has 0 saturated heterocycles. The van der Waals surface area contributed by atoms with Gasteiger partial charge in [0.2, 0.25) is 0 Å². The molecule has 1 N–H and O–H groups in total. The lowest BCUT2D eigenvalue weighted by Crippen LogP contribution is -2.45. The van der Waals surface area contributed by atoms with E-state index in [1.165, 1.54) is 6.42 Å². The second kappa shape index (κ2) is 26.4. The lowest BCUT2D eigenvalue weighted by molar-refractivity contribution is -0.257. The van der Waals surface area contributed by atoms with Gasteiger partial charge < -0.3 is 29.0 Å². The number of hydroxylamine groups is 2. The molecule has 0 heterocycles. The minimum absolute atomic E-state index is 0.128. The lowest BCUT2D eigenvalue weighted by atomic mass is 10.1. The topological polar surface area (TPSA) is 73.9 Å². The Labute approximate surface area is 295 Å². The van der Waals surface area contributed by atoms with Crippen molar-refractivity contribution in [2.45, 2.75) is 212 Å². The van der Waals surface area contributed by atoms with Crippen LogP contribution in [0, 0.1) is 0 Å². The first-order valence-corrected chi connectivity index (χ1v) is 18.2. The maximum Gasteiger partial charge on any atom is 0.167 e. The number of rotatable bonds is 17. The quantitative estimate of drug-likeness (QED) is 0.0918. The Balaban J connectivity index is -0.000000284. The highest BCUT2D eigenvalue weighted by atomic mass is 16.8. The van der Waals surface area contributed by atoms with E-state index in [2.05, 4.69) is 93.3 Å². The van der Waals surface area contributed by atoms with Crippen molar-refractivity contribution < 1.29 is 28.5 Å². The van der Waals surface area contributed by atoms with Crippen molar-refractivity contribution in [3.63, 3.8) is 0 Å². The zero-order valence-corrected chi connectivity index (χ0v) is 36.0. The first-order chi connectivity index (χ1) is 21.0. The van der Waals surface area contributed by atoms with Gasteiger partial charge in [0.1, 0.15) is 6.73 Å². The van der Waals surface area contributed by atoms with Crippen molar-refractivity contribution >= 4 is 0 Å². The smallest absolute Gasteiger partial charge is 0.167 e. The van der Waals surface area contributed by atoms with E-state index in [9.17, 15) is 0 Å². The third-order valence-electron chi connectivity index (χ3n) is 5.74. The standard InChI is InChI=1S/C13H29NO2.C12H27NO2.C10H23NO2.C3H8/c1-9-14(12(4,5)6)10-15-13(7,8)16-11(2)3;1-10(2)15-12(6,7)14-9-8-13-11(3,4)5;1-7-11(9(2)3)13-8-12-10(4,5)6;1-3-2/h11H,9-10H2,1-8H3;10,13H,8-9H2,1-7H3;9H,7-8H2,1-6H3;3H2,1-2H3. The summed E-state index contributed by atoms with van der Waals surface area (Å²) >= 11 is 0. The molecule has 47 heavy (non-hydrogen) atoms. The predicted molar refractivity (Wildman–Crippen MR) is 203 cm³/mol. The van der Waals surface area contributed by atoms with E-state index >= 15 is 0 Å². The summed E-state index contributed by atoms with van der Waals surface area (Å²) in [4.78, 5) is 7.72. The molecule has 0 spiro atoms. The van der Waals surface area contributed by atoms with Gasteiger partial charge in [-0.15, -0.1) is 0 Å². The number of nitrogens with one attached hydrogen (secondary N) is 1. The van der Waals surface area contributed by atoms with Gasteiger partial charge in [0, 0.05) is 30.2 Å². The Morgan fingerprint density at radius 3 is 1.32 bits per heavy atom. The number of ether oxygens (including phenoxy) is 5. The molecule has 0 fully saturated rings. The molecule has 0 aromatic carbocycles. The molecule has 0 rings (SSSR count). The van der Waals surface area contributed by atoms with E-state index in [1.54, 1.807) is 0 Å². The van der Waals surface area contributed by atoms with Gasteiger partial charge in [0.25, 0.3) is 0 Å². The molecule has 0 saturated carbocycles. The van der Waals surface area contributed by atoms with E-state index in [0.717, 1.165) is 19.6 Å². The zero-order valence-electron chi connectivity index (χ0n) is 36.0. The van der Waals surface area contributed by atoms with Gasteiger partial charge in [-0.3, -0.25) is 9.74 Å². The molecule has 9 nitrogen and oxygen atoms in total. The second-order valence-electron chi connectivity index (χ2n) is 16.5. The largest absolute Gasteiger partial charge is 0.349 e. The Hall–Kier alpha value is -0.360. The highest BCUT2D eigenvalue weighted by Gasteiger charge is 2.25. The van der Waals surface area contributed by atoms with Crippen LogP contribution >= 0.6 is 0 Å². The highest BCUT2D eigenvalue weighted by Crippen LogP contribution is 2.18. The Kier molecular flexibility index (Phi) is 30.1. The van der Waals surface area contributed by atoms with Crippen molar-refractivity contribution in [2.75, 3.05) is 39.8 Å². The van der Waals surface area contributed by atoms with Gasteiger partial charge in [0.15, 0.2) is 18.4 Å². The van der Waals surface area contributed by atoms with Crippen LogP contribution in [0.2, 0.25) is 0 Å². The fourth-order valence-corrected chi connectivity index (χ4v) is 3.80. The fraction of sp³-hybridized carbons (Fsp3) is 1.00. The zero-order chi connectivity index (χ0) is 38.3. The Morgan fingerprint density at radius 2 is 1.02 bits per heavy atom. The maximum absolute atomic E-state index is 5.82. The summed E-state index contributed by atoms with van der Waals surface area (Å²) in [5, 5.41) is 5.28. The highest BCUT2D eigenvalue weighted by molar-refractivity contribution is 4.73. The van der Waals surface area contributed by atoms with Gasteiger partial charge >= 0.3 is 0 Å². The normalized spacial score (nSPS) is 13.0. The summed E-state index contributed by atoms with van der Waals surface area (Å²) in [7, 11) is 0. The summed E-state index contributed by atoms with van der Waals surface area (Å²) < 4.78 is 28.2. The number of nitrogens with zero attached hydrogens (tertiary/aromatic N) is 2. The van der Waals surface area contributed by atoms with Crippen LogP contribution < -0.4 is 5.32 Å². The summed E-state index contributed by atoms with van der Waals surface area (Å²) in [6.07, 6.45) is 1.62. The van der Waals surface area contributed by atoms with Crippen LogP contribution in [0.4, 0.5) is 0 Å². The monoisotopic (exact) mass is 682 g/mol. The SMILES string of the molecule is CC(C)OC(C)(C)OCCNC(C)(C)C.CCC.CCN(COC(C)(C)OC(C)C)C(C)(C)C.CCN(OCOC(C)(C)C)C(C)C. The third kappa shape index (κ3) is 41.7. The Morgan fingerprint density at radius 1 is 0.596 bits per heavy atom. The van der Waals surface area contributed by atoms with Crippen LogP contribution in [-0.4, -0.2) is 96.2 Å². The molecule has 0 atom stereocenters. The van der Waals surface area contributed by atoms with Crippen LogP contribution in [0.25, 0.3) is 0 Å². The molecule has 9 heteroatoms. The van der Waals surface area contributed by atoms with Crippen molar-refractivity contribution in [3.05, 3.63) is 0 Å². The molecule has 0 radical (unpaired) electrons. The maximum atomic E-state index is 5.82. The van der Waals surface area contributed by atoms with E-state index in [1.807, 2.05) is 81.2 Å².